The molecular formula is C12H15Cl2NO. The first-order valence-electron chi connectivity index (χ1n) is 5.51. The highest BCUT2D eigenvalue weighted by Gasteiger charge is 2.20. The number of nitrogens with zero attached hydrogens (tertiary/aromatic N) is 1. The highest BCUT2D eigenvalue weighted by molar-refractivity contribution is 6.36. The molecule has 1 fully saturated rings. The topological polar surface area (TPSA) is 23.5 Å². The van der Waals surface area contributed by atoms with Crippen molar-refractivity contribution < 1.29 is 5.11 Å². The number of hydrogen-bond acceptors (Lipinski definition) is 2. The fourth-order valence-electron chi connectivity index (χ4n) is 2.09. The minimum atomic E-state index is 0.294. The maximum Gasteiger partial charge on any atom is 0.0654 e. The van der Waals surface area contributed by atoms with Crippen LogP contribution in [0.2, 0.25) is 10.0 Å². The lowest BCUT2D eigenvalue weighted by Crippen LogP contribution is -2.34. The molecule has 2 nitrogen and oxygen atoms in total. The van der Waals surface area contributed by atoms with Gasteiger partial charge in [-0.25, -0.2) is 0 Å². The van der Waals surface area contributed by atoms with Crippen molar-refractivity contribution >= 4 is 28.9 Å². The molecule has 2 rings (SSSR count). The van der Waals surface area contributed by atoms with E-state index in [4.69, 9.17) is 28.3 Å². The largest absolute Gasteiger partial charge is 0.396 e. The van der Waals surface area contributed by atoms with Gasteiger partial charge in [-0.05, 0) is 37.0 Å². The zero-order valence-electron chi connectivity index (χ0n) is 9.00. The van der Waals surface area contributed by atoms with E-state index in [0.29, 0.717) is 22.6 Å². The van der Waals surface area contributed by atoms with E-state index in [0.717, 1.165) is 31.6 Å². The number of aliphatic hydroxyl groups is 1. The molecule has 0 spiro atoms. The number of halogens is 2. The predicted octanol–water partition coefficient (Wildman–Crippen LogP) is 3.20. The fourth-order valence-corrected chi connectivity index (χ4v) is 2.62. The fraction of sp³-hybridized carbons (Fsp3) is 0.500. The van der Waals surface area contributed by atoms with Gasteiger partial charge in [-0.1, -0.05) is 23.2 Å². The van der Waals surface area contributed by atoms with Crippen LogP contribution in [0.5, 0.6) is 0 Å². The van der Waals surface area contributed by atoms with E-state index in [9.17, 15) is 0 Å². The molecule has 0 bridgehead atoms. The van der Waals surface area contributed by atoms with Gasteiger partial charge in [-0.2, -0.15) is 0 Å². The number of rotatable bonds is 2. The highest BCUT2D eigenvalue weighted by atomic mass is 35.5. The summed E-state index contributed by atoms with van der Waals surface area (Å²) in [5, 5.41) is 10.4. The van der Waals surface area contributed by atoms with Crippen molar-refractivity contribution in [3.63, 3.8) is 0 Å². The summed E-state index contributed by atoms with van der Waals surface area (Å²) < 4.78 is 0. The van der Waals surface area contributed by atoms with Crippen molar-refractivity contribution in [2.24, 2.45) is 5.92 Å². The maximum atomic E-state index is 9.08. The Morgan fingerprint density at radius 1 is 1.25 bits per heavy atom. The van der Waals surface area contributed by atoms with Gasteiger partial charge in [0.05, 0.1) is 10.7 Å². The van der Waals surface area contributed by atoms with Gasteiger partial charge in [-0.3, -0.25) is 0 Å². The Kier molecular flexibility index (Phi) is 3.95. The van der Waals surface area contributed by atoms with E-state index >= 15 is 0 Å². The number of anilines is 1. The number of piperidine rings is 1. The van der Waals surface area contributed by atoms with Gasteiger partial charge < -0.3 is 10.0 Å². The van der Waals surface area contributed by atoms with Crippen molar-refractivity contribution in [2.45, 2.75) is 12.8 Å². The average molecular weight is 260 g/mol. The summed E-state index contributed by atoms with van der Waals surface area (Å²) in [6.45, 7) is 2.20. The molecule has 0 atom stereocenters. The molecule has 1 aromatic carbocycles. The molecule has 1 heterocycles. The Labute approximate surface area is 106 Å². The number of aliphatic hydroxyl groups excluding tert-OH is 1. The molecule has 1 saturated heterocycles. The van der Waals surface area contributed by atoms with Crippen LogP contribution in [0.3, 0.4) is 0 Å². The van der Waals surface area contributed by atoms with Crippen molar-refractivity contribution in [1.82, 2.24) is 0 Å². The van der Waals surface area contributed by atoms with Crippen molar-refractivity contribution in [2.75, 3.05) is 24.6 Å². The summed E-state index contributed by atoms with van der Waals surface area (Å²) >= 11 is 12.0. The van der Waals surface area contributed by atoms with E-state index in [1.165, 1.54) is 0 Å². The Hall–Kier alpha value is -0.440. The summed E-state index contributed by atoms with van der Waals surface area (Å²) in [7, 11) is 0. The van der Waals surface area contributed by atoms with Gasteiger partial charge in [-0.15, -0.1) is 0 Å². The number of benzene rings is 1. The van der Waals surface area contributed by atoms with Gasteiger partial charge in [0.2, 0.25) is 0 Å². The second kappa shape index (κ2) is 5.26. The predicted molar refractivity (Wildman–Crippen MR) is 68.5 cm³/mol. The van der Waals surface area contributed by atoms with Gasteiger partial charge in [0.1, 0.15) is 0 Å². The van der Waals surface area contributed by atoms with Crippen LogP contribution in [-0.2, 0) is 0 Å². The second-order valence-corrected chi connectivity index (χ2v) is 5.05. The van der Waals surface area contributed by atoms with Crippen LogP contribution in [0.15, 0.2) is 18.2 Å². The minimum absolute atomic E-state index is 0.294. The zero-order chi connectivity index (χ0) is 11.5. The van der Waals surface area contributed by atoms with Crippen LogP contribution in [0.25, 0.3) is 0 Å². The highest BCUT2D eigenvalue weighted by Crippen LogP contribution is 2.31. The van der Waals surface area contributed by atoms with E-state index in [-0.39, 0.29) is 0 Å². The monoisotopic (exact) mass is 259 g/mol. The van der Waals surface area contributed by atoms with E-state index in [1.54, 1.807) is 6.07 Å². The van der Waals surface area contributed by atoms with Crippen LogP contribution in [-0.4, -0.2) is 24.8 Å². The Morgan fingerprint density at radius 3 is 2.50 bits per heavy atom. The summed E-state index contributed by atoms with van der Waals surface area (Å²) in [6.07, 6.45) is 2.05. The smallest absolute Gasteiger partial charge is 0.0654 e. The van der Waals surface area contributed by atoms with Gasteiger partial charge in [0, 0.05) is 24.7 Å². The third kappa shape index (κ3) is 2.62. The van der Waals surface area contributed by atoms with E-state index in [2.05, 4.69) is 4.90 Å². The molecule has 0 unspecified atom stereocenters. The maximum absolute atomic E-state index is 9.08. The van der Waals surface area contributed by atoms with Crippen molar-refractivity contribution in [3.8, 4) is 0 Å². The lowest BCUT2D eigenvalue weighted by Gasteiger charge is -2.33. The van der Waals surface area contributed by atoms with Gasteiger partial charge in [0.25, 0.3) is 0 Å². The van der Waals surface area contributed by atoms with Crippen molar-refractivity contribution in [1.29, 1.82) is 0 Å². The molecule has 1 N–H and O–H groups in total. The molecular weight excluding hydrogens is 245 g/mol. The number of hydrogen-bond donors (Lipinski definition) is 1. The van der Waals surface area contributed by atoms with Crippen LogP contribution >= 0.6 is 23.2 Å². The molecule has 0 amide bonds. The SMILES string of the molecule is OCC1CCN(c2ccc(Cl)cc2Cl)CC1. The van der Waals surface area contributed by atoms with Crippen LogP contribution < -0.4 is 4.90 Å². The standard InChI is InChI=1S/C12H15Cl2NO/c13-10-1-2-12(11(14)7-10)15-5-3-9(8-16)4-6-15/h1-2,7,9,16H,3-6,8H2. The quantitative estimate of drug-likeness (QED) is 0.882. The summed E-state index contributed by atoms with van der Waals surface area (Å²) in [4.78, 5) is 2.25. The first-order chi connectivity index (χ1) is 7.70. The normalized spacial score (nSPS) is 17.8. The Bertz CT molecular complexity index is 362. The Morgan fingerprint density at radius 2 is 1.94 bits per heavy atom. The van der Waals surface area contributed by atoms with Gasteiger partial charge in [0.15, 0.2) is 0 Å². The molecule has 0 aliphatic carbocycles. The molecule has 16 heavy (non-hydrogen) atoms. The first kappa shape index (κ1) is 12.0. The lowest BCUT2D eigenvalue weighted by molar-refractivity contribution is 0.203. The average Bonchev–Trinajstić information content (AvgIpc) is 2.29. The molecule has 0 aromatic heterocycles. The van der Waals surface area contributed by atoms with Crippen LogP contribution in [0.1, 0.15) is 12.8 Å². The molecule has 1 aromatic rings. The van der Waals surface area contributed by atoms with Crippen LogP contribution in [0, 0.1) is 5.92 Å². The second-order valence-electron chi connectivity index (χ2n) is 4.21. The molecule has 0 saturated carbocycles. The molecule has 4 heteroatoms. The minimum Gasteiger partial charge on any atom is -0.396 e. The lowest BCUT2D eigenvalue weighted by atomic mass is 9.97. The molecule has 1 aliphatic heterocycles. The third-order valence-corrected chi connectivity index (χ3v) is 3.66. The van der Waals surface area contributed by atoms with Crippen molar-refractivity contribution in [3.05, 3.63) is 28.2 Å². The molecule has 88 valence electrons. The molecule has 1 aliphatic rings. The molecule has 0 radical (unpaired) electrons. The van der Waals surface area contributed by atoms with Gasteiger partial charge >= 0.3 is 0 Å². The van der Waals surface area contributed by atoms with Crippen LogP contribution in [0.4, 0.5) is 5.69 Å². The summed E-state index contributed by atoms with van der Waals surface area (Å²) in [5.41, 5.74) is 1.04. The summed E-state index contributed by atoms with van der Waals surface area (Å²) in [6, 6.07) is 5.60. The first-order valence-corrected chi connectivity index (χ1v) is 6.27. The third-order valence-electron chi connectivity index (χ3n) is 3.12. The summed E-state index contributed by atoms with van der Waals surface area (Å²) in [5.74, 6) is 0.447. The van der Waals surface area contributed by atoms with E-state index < -0.39 is 0 Å². The van der Waals surface area contributed by atoms with E-state index in [1.807, 2.05) is 12.1 Å². The Balaban J connectivity index is 2.08. The zero-order valence-corrected chi connectivity index (χ0v) is 10.5.